The number of carbonyl (C=O) groups is 1. The van der Waals surface area contributed by atoms with E-state index in [4.69, 9.17) is 4.74 Å². The number of ether oxygens (including phenoxy) is 1. The van der Waals surface area contributed by atoms with E-state index in [1.54, 1.807) is 0 Å². The summed E-state index contributed by atoms with van der Waals surface area (Å²) < 4.78 is 5.51. The Labute approximate surface area is 120 Å². The Balaban J connectivity index is 0.00000180. The molecule has 1 atom stereocenters. The van der Waals surface area contributed by atoms with Gasteiger partial charge in [0.25, 0.3) is 5.91 Å². The number of nitrogens with zero attached hydrogens (tertiary/aromatic N) is 1. The fourth-order valence-corrected chi connectivity index (χ4v) is 2.07. The smallest absolute Gasteiger partial charge is 0.260 e. The summed E-state index contributed by atoms with van der Waals surface area (Å²) in [6.07, 6.45) is 0. The number of carbonyl (C=O) groups excluding carboxylic acids is 1. The Bertz CT molecular complexity index is 408. The lowest BCUT2D eigenvalue weighted by molar-refractivity contribution is -0.136. The molecule has 0 saturated carbocycles. The van der Waals surface area contributed by atoms with Crippen molar-refractivity contribution in [3.05, 3.63) is 29.8 Å². The normalized spacial score (nSPS) is 18.6. The van der Waals surface area contributed by atoms with Gasteiger partial charge in [-0.05, 0) is 26.0 Å². The summed E-state index contributed by atoms with van der Waals surface area (Å²) in [6.45, 7) is 6.68. The Kier molecular flexibility index (Phi) is 6.12. The topological polar surface area (TPSA) is 41.6 Å². The number of benzene rings is 1. The largest absolute Gasteiger partial charge is 0.484 e. The van der Waals surface area contributed by atoms with Crippen LogP contribution in [0.5, 0.6) is 5.75 Å². The predicted octanol–water partition coefficient (Wildman–Crippen LogP) is 1.62. The Hall–Kier alpha value is -1.26. The van der Waals surface area contributed by atoms with E-state index in [-0.39, 0.29) is 31.0 Å². The van der Waals surface area contributed by atoms with E-state index >= 15 is 0 Å². The summed E-state index contributed by atoms with van der Waals surface area (Å²) in [5.41, 5.74) is 1.18. The molecule has 1 fully saturated rings. The van der Waals surface area contributed by atoms with Gasteiger partial charge in [0.05, 0.1) is 0 Å². The molecule has 0 bridgehead atoms. The molecule has 1 aliphatic rings. The number of aryl methyl sites for hydroxylation is 1. The maximum atomic E-state index is 12.0. The second-order valence-electron chi connectivity index (χ2n) is 4.74. The molecule has 106 valence electrons. The van der Waals surface area contributed by atoms with Crippen molar-refractivity contribution in [1.29, 1.82) is 0 Å². The molecule has 19 heavy (non-hydrogen) atoms. The van der Waals surface area contributed by atoms with Crippen molar-refractivity contribution in [2.75, 3.05) is 26.2 Å². The molecular weight excluding hydrogens is 264 g/mol. The molecule has 1 saturated heterocycles. The Morgan fingerprint density at radius 3 is 2.74 bits per heavy atom. The van der Waals surface area contributed by atoms with E-state index in [1.165, 1.54) is 5.56 Å². The highest BCUT2D eigenvalue weighted by Gasteiger charge is 2.22. The van der Waals surface area contributed by atoms with Crippen molar-refractivity contribution in [2.45, 2.75) is 19.9 Å². The Morgan fingerprint density at radius 1 is 1.42 bits per heavy atom. The van der Waals surface area contributed by atoms with Gasteiger partial charge in [0.2, 0.25) is 0 Å². The van der Waals surface area contributed by atoms with E-state index in [2.05, 4.69) is 12.2 Å². The SMILES string of the molecule is Cc1ccc(OCC(=O)N2CCNC[C@H]2C)cc1.Cl. The van der Waals surface area contributed by atoms with E-state index < -0.39 is 0 Å². The van der Waals surface area contributed by atoms with Gasteiger partial charge in [0.1, 0.15) is 5.75 Å². The minimum atomic E-state index is 0. The summed E-state index contributed by atoms with van der Waals surface area (Å²) in [4.78, 5) is 13.9. The van der Waals surface area contributed by atoms with Crippen molar-refractivity contribution >= 4 is 18.3 Å². The van der Waals surface area contributed by atoms with Crippen LogP contribution in [-0.2, 0) is 4.79 Å². The Morgan fingerprint density at radius 2 is 2.11 bits per heavy atom. The van der Waals surface area contributed by atoms with Crippen LogP contribution in [0.4, 0.5) is 0 Å². The molecule has 0 radical (unpaired) electrons. The first-order valence-electron chi connectivity index (χ1n) is 6.36. The number of nitrogens with one attached hydrogen (secondary N) is 1. The molecular formula is C14H21ClN2O2. The summed E-state index contributed by atoms with van der Waals surface area (Å²) >= 11 is 0. The van der Waals surface area contributed by atoms with E-state index in [9.17, 15) is 4.79 Å². The standard InChI is InChI=1S/C14H20N2O2.ClH/c1-11-3-5-13(6-4-11)18-10-14(17)16-8-7-15-9-12(16)2;/h3-6,12,15H,7-10H2,1-2H3;1H/t12-;/m1./s1. The van der Waals surface area contributed by atoms with Crippen LogP contribution < -0.4 is 10.1 Å². The minimum Gasteiger partial charge on any atom is -0.484 e. The number of amides is 1. The van der Waals surface area contributed by atoms with Gasteiger partial charge in [0.15, 0.2) is 6.61 Å². The maximum Gasteiger partial charge on any atom is 0.260 e. The van der Waals surface area contributed by atoms with Crippen LogP contribution in [0.25, 0.3) is 0 Å². The van der Waals surface area contributed by atoms with Gasteiger partial charge < -0.3 is 15.0 Å². The van der Waals surface area contributed by atoms with Gasteiger partial charge in [-0.3, -0.25) is 4.79 Å². The molecule has 1 aromatic carbocycles. The van der Waals surface area contributed by atoms with E-state index in [0.717, 1.165) is 25.4 Å². The van der Waals surface area contributed by atoms with Gasteiger partial charge >= 0.3 is 0 Å². The highest BCUT2D eigenvalue weighted by atomic mass is 35.5. The van der Waals surface area contributed by atoms with Crippen molar-refractivity contribution in [2.24, 2.45) is 0 Å². The van der Waals surface area contributed by atoms with Gasteiger partial charge in [-0.2, -0.15) is 0 Å². The molecule has 1 aliphatic heterocycles. The maximum absolute atomic E-state index is 12.0. The minimum absolute atomic E-state index is 0. The number of hydrogen-bond acceptors (Lipinski definition) is 3. The zero-order chi connectivity index (χ0) is 13.0. The molecule has 1 N–H and O–H groups in total. The van der Waals surface area contributed by atoms with Crippen LogP contribution in [0.15, 0.2) is 24.3 Å². The van der Waals surface area contributed by atoms with Gasteiger partial charge in [-0.25, -0.2) is 0 Å². The first-order valence-corrected chi connectivity index (χ1v) is 6.36. The molecule has 1 amide bonds. The molecule has 0 aromatic heterocycles. The molecule has 0 aliphatic carbocycles. The zero-order valence-electron chi connectivity index (χ0n) is 11.4. The van der Waals surface area contributed by atoms with Crippen LogP contribution >= 0.6 is 12.4 Å². The average Bonchev–Trinajstić information content (AvgIpc) is 2.38. The first kappa shape index (κ1) is 15.8. The summed E-state index contributed by atoms with van der Waals surface area (Å²) in [5, 5.41) is 3.26. The third kappa shape index (κ3) is 4.40. The van der Waals surface area contributed by atoms with Crippen molar-refractivity contribution < 1.29 is 9.53 Å². The van der Waals surface area contributed by atoms with Gasteiger partial charge in [-0.15, -0.1) is 12.4 Å². The molecule has 4 nitrogen and oxygen atoms in total. The lowest BCUT2D eigenvalue weighted by Gasteiger charge is -2.33. The average molecular weight is 285 g/mol. The third-order valence-corrected chi connectivity index (χ3v) is 3.20. The van der Waals surface area contributed by atoms with Gasteiger partial charge in [0, 0.05) is 25.7 Å². The molecule has 1 heterocycles. The lowest BCUT2D eigenvalue weighted by atomic mass is 10.2. The van der Waals surface area contributed by atoms with Crippen molar-refractivity contribution in [1.82, 2.24) is 10.2 Å². The number of hydrogen-bond donors (Lipinski definition) is 1. The molecule has 1 aromatic rings. The van der Waals surface area contributed by atoms with Crippen LogP contribution in [0, 0.1) is 6.92 Å². The fourth-order valence-electron chi connectivity index (χ4n) is 2.07. The molecule has 0 unspecified atom stereocenters. The fraction of sp³-hybridized carbons (Fsp3) is 0.500. The highest BCUT2D eigenvalue weighted by Crippen LogP contribution is 2.12. The predicted molar refractivity (Wildman–Crippen MR) is 78.0 cm³/mol. The third-order valence-electron chi connectivity index (χ3n) is 3.20. The summed E-state index contributed by atoms with van der Waals surface area (Å²) in [6, 6.07) is 7.99. The number of rotatable bonds is 3. The first-order chi connectivity index (χ1) is 8.66. The monoisotopic (exact) mass is 284 g/mol. The van der Waals surface area contributed by atoms with Crippen LogP contribution in [0.3, 0.4) is 0 Å². The van der Waals surface area contributed by atoms with Crippen LogP contribution in [0.1, 0.15) is 12.5 Å². The quantitative estimate of drug-likeness (QED) is 0.917. The summed E-state index contributed by atoms with van der Waals surface area (Å²) in [7, 11) is 0. The van der Waals surface area contributed by atoms with Crippen LogP contribution in [-0.4, -0.2) is 43.1 Å². The van der Waals surface area contributed by atoms with Gasteiger partial charge in [-0.1, -0.05) is 17.7 Å². The van der Waals surface area contributed by atoms with Crippen LogP contribution in [0.2, 0.25) is 0 Å². The number of halogens is 1. The lowest BCUT2D eigenvalue weighted by Crippen LogP contribution is -2.53. The van der Waals surface area contributed by atoms with E-state index in [1.807, 2.05) is 36.1 Å². The molecule has 2 rings (SSSR count). The summed E-state index contributed by atoms with van der Waals surface area (Å²) in [5.74, 6) is 0.807. The van der Waals surface area contributed by atoms with E-state index in [0.29, 0.717) is 0 Å². The highest BCUT2D eigenvalue weighted by molar-refractivity contribution is 5.85. The molecule has 5 heteroatoms. The van der Waals surface area contributed by atoms with Crippen molar-refractivity contribution in [3.63, 3.8) is 0 Å². The second-order valence-corrected chi connectivity index (χ2v) is 4.74. The second kappa shape index (κ2) is 7.36. The molecule has 0 spiro atoms. The van der Waals surface area contributed by atoms with Crippen molar-refractivity contribution in [3.8, 4) is 5.75 Å². The number of piperazine rings is 1. The zero-order valence-corrected chi connectivity index (χ0v) is 12.2.